The minimum Gasteiger partial charge on any atom is -0.350 e. The molecule has 0 fully saturated rings. The molecular formula is C17H26N4O3. The number of likely N-dealkylation sites (N-methyl/N-ethyl adjacent to an activating group) is 1. The van der Waals surface area contributed by atoms with E-state index in [9.17, 15) is 14.4 Å². The molecular weight excluding hydrogens is 308 g/mol. The Labute approximate surface area is 142 Å². The van der Waals surface area contributed by atoms with E-state index in [0.29, 0.717) is 6.54 Å². The smallest absolute Gasteiger partial charge is 0.242 e. The minimum absolute atomic E-state index is 0.0124. The zero-order valence-corrected chi connectivity index (χ0v) is 14.4. The molecule has 0 saturated heterocycles. The zero-order chi connectivity index (χ0) is 18.1. The van der Waals surface area contributed by atoms with Crippen molar-refractivity contribution in [2.75, 3.05) is 20.1 Å². The quantitative estimate of drug-likeness (QED) is 0.615. The monoisotopic (exact) mass is 334 g/mol. The second-order valence-corrected chi connectivity index (χ2v) is 6.00. The topological polar surface area (TPSA) is 105 Å². The van der Waals surface area contributed by atoms with Crippen LogP contribution in [0, 0.1) is 5.92 Å². The highest BCUT2D eigenvalue weighted by molar-refractivity contribution is 5.89. The summed E-state index contributed by atoms with van der Waals surface area (Å²) >= 11 is 0. The van der Waals surface area contributed by atoms with E-state index in [4.69, 9.17) is 5.73 Å². The van der Waals surface area contributed by atoms with Crippen molar-refractivity contribution in [2.24, 2.45) is 11.7 Å². The van der Waals surface area contributed by atoms with Crippen molar-refractivity contribution >= 4 is 17.7 Å². The predicted molar refractivity (Wildman–Crippen MR) is 91.7 cm³/mol. The molecule has 7 nitrogen and oxygen atoms in total. The molecule has 0 aliphatic rings. The van der Waals surface area contributed by atoms with Crippen LogP contribution in [0.5, 0.6) is 0 Å². The molecule has 132 valence electrons. The van der Waals surface area contributed by atoms with Gasteiger partial charge in [0.25, 0.3) is 0 Å². The summed E-state index contributed by atoms with van der Waals surface area (Å²) in [5, 5.41) is 5.23. The summed E-state index contributed by atoms with van der Waals surface area (Å²) in [7, 11) is 1.51. The van der Waals surface area contributed by atoms with Crippen LogP contribution in [0.4, 0.5) is 0 Å². The summed E-state index contributed by atoms with van der Waals surface area (Å²) in [5.41, 5.74) is 6.68. The Hall–Kier alpha value is -2.41. The van der Waals surface area contributed by atoms with Crippen molar-refractivity contribution in [3.63, 3.8) is 0 Å². The predicted octanol–water partition coefficient (Wildman–Crippen LogP) is -0.139. The molecule has 3 amide bonds. The van der Waals surface area contributed by atoms with Crippen LogP contribution >= 0.6 is 0 Å². The Morgan fingerprint density at radius 3 is 2.33 bits per heavy atom. The molecule has 0 aliphatic heterocycles. The van der Waals surface area contributed by atoms with E-state index < -0.39 is 6.04 Å². The first-order valence-electron chi connectivity index (χ1n) is 7.89. The van der Waals surface area contributed by atoms with Crippen molar-refractivity contribution in [3.8, 4) is 0 Å². The number of nitrogens with two attached hydrogens (primary N) is 1. The first kappa shape index (κ1) is 19.6. The third-order valence-electron chi connectivity index (χ3n) is 3.57. The number of amides is 3. The molecule has 0 aromatic heterocycles. The summed E-state index contributed by atoms with van der Waals surface area (Å²) in [5.74, 6) is -1.00. The number of rotatable bonds is 8. The molecule has 0 aliphatic carbocycles. The maximum Gasteiger partial charge on any atom is 0.242 e. The number of nitrogens with one attached hydrogen (secondary N) is 2. The van der Waals surface area contributed by atoms with Crippen LogP contribution in [0.25, 0.3) is 0 Å². The van der Waals surface area contributed by atoms with Crippen LogP contribution in [0.2, 0.25) is 0 Å². The standard InChI is InChI=1S/C17H26N4O3/c1-12(2)16(18)17(24)20-10-15(23)21(3)11-14(22)19-9-13-7-5-4-6-8-13/h4-8,12,16H,9-11,18H2,1-3H3,(H,19,22)(H,20,24)/t16-/m0/s1. The summed E-state index contributed by atoms with van der Waals surface area (Å²) in [4.78, 5) is 36.8. The van der Waals surface area contributed by atoms with Gasteiger partial charge in [0.15, 0.2) is 0 Å². The Kier molecular flexibility index (Phi) is 7.91. The van der Waals surface area contributed by atoms with E-state index in [1.54, 1.807) is 0 Å². The molecule has 1 aromatic carbocycles. The molecule has 1 atom stereocenters. The number of carbonyl (C=O) groups is 3. The Morgan fingerprint density at radius 1 is 1.12 bits per heavy atom. The zero-order valence-electron chi connectivity index (χ0n) is 14.4. The highest BCUT2D eigenvalue weighted by atomic mass is 16.2. The van der Waals surface area contributed by atoms with E-state index in [2.05, 4.69) is 10.6 Å². The van der Waals surface area contributed by atoms with Gasteiger partial charge in [0.1, 0.15) is 0 Å². The molecule has 4 N–H and O–H groups in total. The average Bonchev–Trinajstić information content (AvgIpc) is 2.57. The van der Waals surface area contributed by atoms with Gasteiger partial charge in [0.2, 0.25) is 17.7 Å². The van der Waals surface area contributed by atoms with Gasteiger partial charge in [0.05, 0.1) is 19.1 Å². The molecule has 1 rings (SSSR count). The van der Waals surface area contributed by atoms with Crippen LogP contribution in [-0.2, 0) is 20.9 Å². The summed E-state index contributed by atoms with van der Waals surface area (Å²) in [6, 6.07) is 8.84. The lowest BCUT2D eigenvalue weighted by Gasteiger charge is -2.19. The lowest BCUT2D eigenvalue weighted by molar-refractivity contribution is -0.135. The highest BCUT2D eigenvalue weighted by Crippen LogP contribution is 1.98. The maximum absolute atomic E-state index is 11.9. The van der Waals surface area contributed by atoms with E-state index in [1.165, 1.54) is 11.9 Å². The largest absolute Gasteiger partial charge is 0.350 e. The van der Waals surface area contributed by atoms with Gasteiger partial charge in [-0.2, -0.15) is 0 Å². The number of benzene rings is 1. The van der Waals surface area contributed by atoms with Gasteiger partial charge >= 0.3 is 0 Å². The van der Waals surface area contributed by atoms with Crippen molar-refractivity contribution in [3.05, 3.63) is 35.9 Å². The van der Waals surface area contributed by atoms with Gasteiger partial charge in [-0.25, -0.2) is 0 Å². The highest BCUT2D eigenvalue weighted by Gasteiger charge is 2.19. The van der Waals surface area contributed by atoms with Crippen molar-refractivity contribution in [1.29, 1.82) is 0 Å². The molecule has 24 heavy (non-hydrogen) atoms. The number of nitrogens with zero attached hydrogens (tertiary/aromatic N) is 1. The molecule has 0 heterocycles. The average molecular weight is 334 g/mol. The van der Waals surface area contributed by atoms with Gasteiger partial charge in [0, 0.05) is 13.6 Å². The van der Waals surface area contributed by atoms with Gasteiger partial charge in [-0.15, -0.1) is 0 Å². The molecule has 0 spiro atoms. The van der Waals surface area contributed by atoms with Gasteiger partial charge < -0.3 is 21.3 Å². The van der Waals surface area contributed by atoms with Crippen LogP contribution in [0.3, 0.4) is 0 Å². The Bertz CT molecular complexity index is 560. The van der Waals surface area contributed by atoms with Gasteiger partial charge in [-0.05, 0) is 11.5 Å². The third kappa shape index (κ3) is 6.78. The van der Waals surface area contributed by atoms with E-state index in [0.717, 1.165) is 5.56 Å². The first-order chi connectivity index (χ1) is 11.3. The third-order valence-corrected chi connectivity index (χ3v) is 3.57. The maximum atomic E-state index is 11.9. The fourth-order valence-corrected chi connectivity index (χ4v) is 1.87. The lowest BCUT2D eigenvalue weighted by atomic mass is 10.1. The van der Waals surface area contributed by atoms with Crippen LogP contribution < -0.4 is 16.4 Å². The minimum atomic E-state index is -0.655. The van der Waals surface area contributed by atoms with E-state index in [-0.39, 0.29) is 36.7 Å². The summed E-state index contributed by atoms with van der Waals surface area (Å²) in [6.45, 7) is 3.81. The Morgan fingerprint density at radius 2 is 1.75 bits per heavy atom. The second-order valence-electron chi connectivity index (χ2n) is 6.00. The normalized spacial score (nSPS) is 11.7. The van der Waals surface area contributed by atoms with Crippen molar-refractivity contribution < 1.29 is 14.4 Å². The molecule has 1 aromatic rings. The van der Waals surface area contributed by atoms with E-state index >= 15 is 0 Å². The fraction of sp³-hybridized carbons (Fsp3) is 0.471. The van der Waals surface area contributed by atoms with Gasteiger partial charge in [-0.3, -0.25) is 14.4 Å². The lowest BCUT2D eigenvalue weighted by Crippen LogP contribution is -2.48. The molecule has 0 radical (unpaired) electrons. The first-order valence-corrected chi connectivity index (χ1v) is 7.89. The molecule has 7 heteroatoms. The fourth-order valence-electron chi connectivity index (χ4n) is 1.87. The number of carbonyl (C=O) groups excluding carboxylic acids is 3. The SMILES string of the molecule is CC(C)[C@H](N)C(=O)NCC(=O)N(C)CC(=O)NCc1ccccc1. The second kappa shape index (κ2) is 9.67. The van der Waals surface area contributed by atoms with Crippen LogP contribution in [0.15, 0.2) is 30.3 Å². The number of hydrogen-bond acceptors (Lipinski definition) is 4. The van der Waals surface area contributed by atoms with Crippen molar-refractivity contribution in [1.82, 2.24) is 15.5 Å². The van der Waals surface area contributed by atoms with Crippen molar-refractivity contribution in [2.45, 2.75) is 26.4 Å². The molecule has 0 unspecified atom stereocenters. The van der Waals surface area contributed by atoms with E-state index in [1.807, 2.05) is 44.2 Å². The Balaban J connectivity index is 2.32. The summed E-state index contributed by atoms with van der Waals surface area (Å²) < 4.78 is 0. The molecule has 0 saturated carbocycles. The van der Waals surface area contributed by atoms with Crippen LogP contribution in [0.1, 0.15) is 19.4 Å². The summed E-state index contributed by atoms with van der Waals surface area (Å²) in [6.07, 6.45) is 0. The van der Waals surface area contributed by atoms with Gasteiger partial charge in [-0.1, -0.05) is 44.2 Å². The molecule has 0 bridgehead atoms. The number of hydrogen-bond donors (Lipinski definition) is 3. The van der Waals surface area contributed by atoms with Crippen LogP contribution in [-0.4, -0.2) is 48.8 Å².